The number of para-hydroxylation sites is 1. The van der Waals surface area contributed by atoms with Crippen molar-refractivity contribution < 1.29 is 9.59 Å². The van der Waals surface area contributed by atoms with Crippen LogP contribution in [0.2, 0.25) is 0 Å². The van der Waals surface area contributed by atoms with Crippen LogP contribution in [0.3, 0.4) is 0 Å². The van der Waals surface area contributed by atoms with E-state index in [-0.39, 0.29) is 17.6 Å². The Morgan fingerprint density at radius 2 is 1.57 bits per heavy atom. The van der Waals surface area contributed by atoms with Crippen LogP contribution in [0.1, 0.15) is 27.0 Å². The van der Waals surface area contributed by atoms with Crippen LogP contribution in [0.5, 0.6) is 0 Å². The summed E-state index contributed by atoms with van der Waals surface area (Å²) in [5, 5.41) is 14.4. The van der Waals surface area contributed by atoms with E-state index < -0.39 is 0 Å². The predicted octanol–water partition coefficient (Wildman–Crippen LogP) is 3.94. The number of carbonyl (C=O) groups excluding carboxylic acids is 2. The van der Waals surface area contributed by atoms with Crippen LogP contribution in [0.4, 0.5) is 5.69 Å². The topological polar surface area (TPSA) is 115 Å². The number of nitrogens with one attached hydrogen (secondary N) is 2. The van der Waals surface area contributed by atoms with Gasteiger partial charge in [-0.3, -0.25) is 9.59 Å². The quantitative estimate of drug-likeness (QED) is 0.257. The number of benzene rings is 3. The Morgan fingerprint density at radius 3 is 2.29 bits per heavy atom. The summed E-state index contributed by atoms with van der Waals surface area (Å²) in [6.07, 6.45) is 0. The number of hydrogen-bond acceptors (Lipinski definition) is 6. The number of rotatable bonds is 8. The average molecular weight is 487 g/mol. The van der Waals surface area contributed by atoms with Crippen molar-refractivity contribution in [2.24, 2.45) is 0 Å². The molecule has 4 N–H and O–H groups in total. The van der Waals surface area contributed by atoms with Crippen molar-refractivity contribution in [3.63, 3.8) is 0 Å². The molecule has 0 bridgehead atoms. The zero-order valence-electron chi connectivity index (χ0n) is 19.5. The predicted molar refractivity (Wildman–Crippen MR) is 138 cm³/mol. The van der Waals surface area contributed by atoms with E-state index in [9.17, 15) is 9.59 Å². The first-order valence-corrected chi connectivity index (χ1v) is 12.0. The van der Waals surface area contributed by atoms with Gasteiger partial charge in [0.15, 0.2) is 5.82 Å². The Balaban J connectivity index is 1.36. The summed E-state index contributed by atoms with van der Waals surface area (Å²) in [5.74, 6) is 6.18. The molecule has 0 unspecified atom stereocenters. The van der Waals surface area contributed by atoms with Crippen molar-refractivity contribution in [1.82, 2.24) is 20.2 Å². The second-order valence-corrected chi connectivity index (χ2v) is 9.04. The van der Waals surface area contributed by atoms with E-state index in [2.05, 4.69) is 20.8 Å². The van der Waals surface area contributed by atoms with Crippen molar-refractivity contribution in [2.45, 2.75) is 25.5 Å². The minimum Gasteiger partial charge on any atom is -0.348 e. The van der Waals surface area contributed by atoms with E-state index in [1.165, 1.54) is 16.4 Å². The summed E-state index contributed by atoms with van der Waals surface area (Å²) in [4.78, 5) is 25.4. The first kappa shape index (κ1) is 24.0. The molecule has 4 aromatic rings. The Morgan fingerprint density at radius 1 is 0.914 bits per heavy atom. The van der Waals surface area contributed by atoms with Gasteiger partial charge in [-0.1, -0.05) is 83.6 Å². The highest BCUT2D eigenvalue weighted by Gasteiger charge is 2.16. The number of nitrogens with zero attached hydrogens (tertiary/aromatic N) is 3. The summed E-state index contributed by atoms with van der Waals surface area (Å²) >= 11 is 1.17. The molecule has 35 heavy (non-hydrogen) atoms. The molecule has 0 saturated carbocycles. The number of carbonyl (C=O) groups is 2. The van der Waals surface area contributed by atoms with E-state index in [1.54, 1.807) is 24.3 Å². The highest BCUT2D eigenvalue weighted by molar-refractivity contribution is 7.99. The van der Waals surface area contributed by atoms with Crippen LogP contribution in [0.15, 0.2) is 78.0 Å². The molecule has 1 heterocycles. The molecule has 0 radical (unpaired) electrons. The van der Waals surface area contributed by atoms with Crippen molar-refractivity contribution in [2.75, 3.05) is 16.9 Å². The number of aryl methyl sites for hydroxylation is 2. The van der Waals surface area contributed by atoms with Crippen molar-refractivity contribution in [3.05, 3.63) is 95.1 Å². The van der Waals surface area contributed by atoms with Gasteiger partial charge in [0, 0.05) is 12.1 Å². The number of nitrogens with two attached hydrogens (primary N) is 1. The monoisotopic (exact) mass is 486 g/mol. The van der Waals surface area contributed by atoms with Crippen molar-refractivity contribution >= 4 is 29.3 Å². The van der Waals surface area contributed by atoms with Crippen LogP contribution in [-0.2, 0) is 11.3 Å². The fraction of sp³-hybridized carbons (Fsp3) is 0.154. The standard InChI is InChI=1S/C26H26N6O2S/c1-17-7-11-19(12-8-17)15-28-25(34)21-5-3-4-6-22(21)29-23(33)16-35-26-31-30-24(32(26)27)20-13-9-18(2)10-14-20/h3-14H,15-16,27H2,1-2H3,(H,28,34)(H,29,33). The lowest BCUT2D eigenvalue weighted by Crippen LogP contribution is -2.25. The molecule has 3 aromatic carbocycles. The Bertz CT molecular complexity index is 1330. The van der Waals surface area contributed by atoms with Gasteiger partial charge in [0.2, 0.25) is 11.1 Å². The minimum absolute atomic E-state index is 0.0581. The highest BCUT2D eigenvalue weighted by atomic mass is 32.2. The maximum absolute atomic E-state index is 12.8. The third-order valence-corrected chi connectivity index (χ3v) is 6.27. The summed E-state index contributed by atoms with van der Waals surface area (Å²) in [6, 6.07) is 22.6. The average Bonchev–Trinajstić information content (AvgIpc) is 3.23. The van der Waals surface area contributed by atoms with Crippen LogP contribution in [0, 0.1) is 13.8 Å². The number of amides is 2. The summed E-state index contributed by atoms with van der Waals surface area (Å²) < 4.78 is 1.37. The van der Waals surface area contributed by atoms with E-state index in [1.807, 2.05) is 62.4 Å². The van der Waals surface area contributed by atoms with Gasteiger partial charge in [-0.05, 0) is 31.5 Å². The normalized spacial score (nSPS) is 10.7. The molecule has 0 aliphatic carbocycles. The number of anilines is 1. The number of nitrogen functional groups attached to an aromatic ring is 1. The molecule has 4 rings (SSSR count). The lowest BCUT2D eigenvalue weighted by molar-refractivity contribution is -0.113. The summed E-state index contributed by atoms with van der Waals surface area (Å²) in [6.45, 7) is 4.41. The molecule has 0 spiro atoms. The van der Waals surface area contributed by atoms with E-state index >= 15 is 0 Å². The van der Waals surface area contributed by atoms with Crippen LogP contribution < -0.4 is 16.5 Å². The molecule has 0 aliphatic rings. The fourth-order valence-corrected chi connectivity index (χ4v) is 4.02. The van der Waals surface area contributed by atoms with Gasteiger partial charge >= 0.3 is 0 Å². The van der Waals surface area contributed by atoms with Crippen LogP contribution >= 0.6 is 11.8 Å². The molecule has 0 aliphatic heterocycles. The smallest absolute Gasteiger partial charge is 0.253 e. The van der Waals surface area contributed by atoms with Crippen molar-refractivity contribution in [3.8, 4) is 11.4 Å². The third-order valence-electron chi connectivity index (χ3n) is 5.33. The Hall–Kier alpha value is -4.11. The number of aromatic nitrogens is 3. The number of thioether (sulfide) groups is 1. The molecule has 8 nitrogen and oxygen atoms in total. The lowest BCUT2D eigenvalue weighted by atomic mass is 10.1. The van der Waals surface area contributed by atoms with Gasteiger partial charge in [-0.15, -0.1) is 10.2 Å². The van der Waals surface area contributed by atoms with Gasteiger partial charge in [0.05, 0.1) is 17.0 Å². The molecular weight excluding hydrogens is 460 g/mol. The molecule has 1 aromatic heterocycles. The van der Waals surface area contributed by atoms with E-state index in [0.29, 0.717) is 28.8 Å². The van der Waals surface area contributed by atoms with E-state index in [0.717, 1.165) is 22.3 Å². The summed E-state index contributed by atoms with van der Waals surface area (Å²) in [5.41, 5.74) is 4.96. The molecule has 0 saturated heterocycles. The van der Waals surface area contributed by atoms with Gasteiger partial charge in [-0.2, -0.15) is 0 Å². The Kier molecular flexibility index (Phi) is 7.47. The molecule has 2 amide bonds. The zero-order chi connectivity index (χ0) is 24.8. The first-order chi connectivity index (χ1) is 16.9. The maximum atomic E-state index is 12.8. The van der Waals surface area contributed by atoms with Gasteiger partial charge in [0.1, 0.15) is 0 Å². The third kappa shape index (κ3) is 6.07. The zero-order valence-corrected chi connectivity index (χ0v) is 20.3. The van der Waals surface area contributed by atoms with Gasteiger partial charge in [-0.25, -0.2) is 4.68 Å². The second-order valence-electron chi connectivity index (χ2n) is 8.09. The largest absolute Gasteiger partial charge is 0.348 e. The minimum atomic E-state index is -0.284. The number of hydrogen-bond donors (Lipinski definition) is 3. The molecular formula is C26H26N6O2S. The van der Waals surface area contributed by atoms with Crippen LogP contribution in [-0.4, -0.2) is 32.4 Å². The van der Waals surface area contributed by atoms with Crippen LogP contribution in [0.25, 0.3) is 11.4 Å². The van der Waals surface area contributed by atoms with Crippen molar-refractivity contribution in [1.29, 1.82) is 0 Å². The summed E-state index contributed by atoms with van der Waals surface area (Å²) in [7, 11) is 0. The molecule has 0 atom stereocenters. The second kappa shape index (κ2) is 10.9. The highest BCUT2D eigenvalue weighted by Crippen LogP contribution is 2.22. The molecule has 9 heteroatoms. The van der Waals surface area contributed by atoms with Gasteiger partial charge < -0.3 is 16.5 Å². The fourth-order valence-electron chi connectivity index (χ4n) is 3.36. The maximum Gasteiger partial charge on any atom is 0.253 e. The van der Waals surface area contributed by atoms with Gasteiger partial charge in [0.25, 0.3) is 5.91 Å². The molecule has 178 valence electrons. The SMILES string of the molecule is Cc1ccc(CNC(=O)c2ccccc2NC(=O)CSc2nnc(-c3ccc(C)cc3)n2N)cc1. The first-order valence-electron chi connectivity index (χ1n) is 11.0. The Labute approximate surface area is 207 Å². The lowest BCUT2D eigenvalue weighted by Gasteiger charge is -2.11. The van der Waals surface area contributed by atoms with E-state index in [4.69, 9.17) is 5.84 Å². The molecule has 0 fully saturated rings.